The average Bonchev–Trinajstić information content (AvgIpc) is 2.70. The van der Waals surface area contributed by atoms with Gasteiger partial charge in [-0.25, -0.2) is 9.59 Å². The molecule has 0 aliphatic carbocycles. The second-order valence-corrected chi connectivity index (χ2v) is 5.13. The summed E-state index contributed by atoms with van der Waals surface area (Å²) in [5, 5.41) is 8.57. The molecule has 0 N–H and O–H groups in total. The van der Waals surface area contributed by atoms with E-state index >= 15 is 0 Å². The minimum atomic E-state index is -0.579. The summed E-state index contributed by atoms with van der Waals surface area (Å²) < 4.78 is 20.2. The van der Waals surface area contributed by atoms with E-state index in [0.717, 1.165) is 0 Å². The minimum Gasteiger partial charge on any atom is -0.493 e. The lowest BCUT2D eigenvalue weighted by atomic mass is 10.2. The normalized spacial score (nSPS) is 10.1. The molecular weight excluding hydrogens is 350 g/mol. The maximum absolute atomic E-state index is 11.9. The number of rotatable bonds is 7. The van der Waals surface area contributed by atoms with Crippen molar-refractivity contribution < 1.29 is 28.5 Å². The number of nitriles is 1. The van der Waals surface area contributed by atoms with E-state index in [0.29, 0.717) is 28.4 Å². The van der Waals surface area contributed by atoms with Gasteiger partial charge in [-0.3, -0.25) is 0 Å². The summed E-state index contributed by atoms with van der Waals surface area (Å²) in [6, 6.07) is 12.9. The highest BCUT2D eigenvalue weighted by Gasteiger charge is 2.07. The smallest absolute Gasteiger partial charge is 0.337 e. The third-order valence-corrected chi connectivity index (χ3v) is 3.39. The monoisotopic (exact) mass is 367 g/mol. The molecule has 7 nitrogen and oxygen atoms in total. The number of hydrogen-bond acceptors (Lipinski definition) is 7. The molecule has 138 valence electrons. The molecule has 0 saturated carbocycles. The second-order valence-electron chi connectivity index (χ2n) is 5.13. The maximum atomic E-state index is 11.9. The van der Waals surface area contributed by atoms with Crippen molar-refractivity contribution in [2.75, 3.05) is 20.8 Å². The summed E-state index contributed by atoms with van der Waals surface area (Å²) in [6.07, 6.45) is 2.82. The van der Waals surface area contributed by atoms with Gasteiger partial charge in [0, 0.05) is 6.08 Å². The van der Waals surface area contributed by atoms with Crippen molar-refractivity contribution in [1.82, 2.24) is 0 Å². The first-order chi connectivity index (χ1) is 13.1. The van der Waals surface area contributed by atoms with Crippen LogP contribution in [0.3, 0.4) is 0 Å². The highest BCUT2D eigenvalue weighted by molar-refractivity contribution is 5.90. The predicted octanol–water partition coefficient (Wildman–Crippen LogP) is 3.00. The van der Waals surface area contributed by atoms with Crippen LogP contribution in [0.1, 0.15) is 15.9 Å². The van der Waals surface area contributed by atoms with Crippen molar-refractivity contribution in [3.63, 3.8) is 0 Å². The second kappa shape index (κ2) is 9.63. The molecule has 7 heteroatoms. The van der Waals surface area contributed by atoms with Crippen molar-refractivity contribution in [2.45, 2.75) is 0 Å². The Hall–Kier alpha value is -3.79. The fourth-order valence-corrected chi connectivity index (χ4v) is 2.11. The van der Waals surface area contributed by atoms with Crippen LogP contribution in [0, 0.1) is 11.3 Å². The summed E-state index contributed by atoms with van der Waals surface area (Å²) in [5.74, 6) is 0.132. The number of carbonyl (C=O) groups is 2. The van der Waals surface area contributed by atoms with E-state index in [1.54, 1.807) is 24.3 Å². The molecule has 27 heavy (non-hydrogen) atoms. The Labute approximate surface area is 156 Å². The van der Waals surface area contributed by atoms with Crippen molar-refractivity contribution in [3.05, 3.63) is 59.7 Å². The van der Waals surface area contributed by atoms with Crippen LogP contribution in [0.5, 0.6) is 17.2 Å². The molecule has 0 fully saturated rings. The summed E-state index contributed by atoms with van der Waals surface area (Å²) in [5.41, 5.74) is 1.05. The molecule has 0 aromatic heterocycles. The van der Waals surface area contributed by atoms with Crippen molar-refractivity contribution >= 4 is 18.0 Å². The van der Waals surface area contributed by atoms with Gasteiger partial charge in [-0.15, -0.1) is 0 Å². The zero-order valence-corrected chi connectivity index (χ0v) is 14.8. The largest absolute Gasteiger partial charge is 0.493 e. The fourth-order valence-electron chi connectivity index (χ4n) is 2.11. The molecule has 0 aliphatic rings. The lowest BCUT2D eigenvalue weighted by Gasteiger charge is -2.08. The molecule has 2 rings (SSSR count). The number of benzene rings is 2. The predicted molar refractivity (Wildman–Crippen MR) is 96.6 cm³/mol. The van der Waals surface area contributed by atoms with Crippen LogP contribution < -0.4 is 14.2 Å². The Morgan fingerprint density at radius 2 is 1.81 bits per heavy atom. The Morgan fingerprint density at radius 3 is 2.44 bits per heavy atom. The first-order valence-corrected chi connectivity index (χ1v) is 7.83. The van der Waals surface area contributed by atoms with Gasteiger partial charge in [0.15, 0.2) is 18.1 Å². The van der Waals surface area contributed by atoms with Gasteiger partial charge in [-0.2, -0.15) is 5.26 Å². The van der Waals surface area contributed by atoms with Crippen LogP contribution in [0.15, 0.2) is 48.5 Å². The third-order valence-electron chi connectivity index (χ3n) is 3.39. The fraction of sp³-hybridized carbons (Fsp3) is 0.150. The van der Waals surface area contributed by atoms with E-state index in [1.165, 1.54) is 44.6 Å². The highest BCUT2D eigenvalue weighted by Crippen LogP contribution is 2.28. The molecule has 0 atom stereocenters. The van der Waals surface area contributed by atoms with E-state index in [1.807, 2.05) is 6.07 Å². The quantitative estimate of drug-likeness (QED) is 0.422. The Bertz CT molecular complexity index is 880. The molecule has 0 heterocycles. The van der Waals surface area contributed by atoms with Crippen LogP contribution in [-0.2, 0) is 9.53 Å². The summed E-state index contributed by atoms with van der Waals surface area (Å²) in [4.78, 5) is 23.3. The molecule has 0 radical (unpaired) electrons. The maximum Gasteiger partial charge on any atom is 0.337 e. The van der Waals surface area contributed by atoms with Crippen LogP contribution in [-0.4, -0.2) is 32.8 Å². The zero-order chi connectivity index (χ0) is 19.6. The van der Waals surface area contributed by atoms with E-state index in [9.17, 15) is 9.59 Å². The Kier molecular flexibility index (Phi) is 6.97. The lowest BCUT2D eigenvalue weighted by Crippen LogP contribution is -2.05. The van der Waals surface area contributed by atoms with Gasteiger partial charge in [0.1, 0.15) is 11.8 Å². The van der Waals surface area contributed by atoms with Crippen LogP contribution >= 0.6 is 0 Å². The van der Waals surface area contributed by atoms with Crippen LogP contribution in [0.25, 0.3) is 6.08 Å². The summed E-state index contributed by atoms with van der Waals surface area (Å²) in [7, 11) is 2.77. The van der Waals surface area contributed by atoms with Gasteiger partial charge < -0.3 is 18.9 Å². The van der Waals surface area contributed by atoms with E-state index in [2.05, 4.69) is 4.74 Å². The van der Waals surface area contributed by atoms with Crippen molar-refractivity contribution in [1.29, 1.82) is 5.26 Å². The van der Waals surface area contributed by atoms with Gasteiger partial charge in [0.2, 0.25) is 0 Å². The third kappa shape index (κ3) is 5.61. The molecule has 2 aromatic carbocycles. The molecule has 0 spiro atoms. The number of esters is 2. The average molecular weight is 367 g/mol. The Balaban J connectivity index is 2.01. The van der Waals surface area contributed by atoms with E-state index in [-0.39, 0.29) is 6.61 Å². The molecular formula is C20H17NO6. The van der Waals surface area contributed by atoms with Crippen molar-refractivity contribution in [3.8, 4) is 23.3 Å². The van der Waals surface area contributed by atoms with Gasteiger partial charge in [0.25, 0.3) is 0 Å². The van der Waals surface area contributed by atoms with Gasteiger partial charge in [-0.1, -0.05) is 6.07 Å². The van der Waals surface area contributed by atoms with E-state index in [4.69, 9.17) is 19.5 Å². The van der Waals surface area contributed by atoms with Gasteiger partial charge in [-0.05, 0) is 48.0 Å². The lowest BCUT2D eigenvalue weighted by molar-refractivity contribution is -0.128. The summed E-state index contributed by atoms with van der Waals surface area (Å²) >= 11 is 0. The first kappa shape index (κ1) is 19.5. The minimum absolute atomic E-state index is 0.0906. The van der Waals surface area contributed by atoms with Crippen LogP contribution in [0.2, 0.25) is 0 Å². The van der Waals surface area contributed by atoms with E-state index < -0.39 is 11.9 Å². The number of nitrogens with zero attached hydrogens (tertiary/aromatic N) is 1. The molecule has 0 amide bonds. The Morgan fingerprint density at radius 1 is 1.07 bits per heavy atom. The van der Waals surface area contributed by atoms with Crippen LogP contribution in [0.4, 0.5) is 0 Å². The number of carbonyl (C=O) groups excluding carboxylic acids is 2. The zero-order valence-electron chi connectivity index (χ0n) is 14.8. The van der Waals surface area contributed by atoms with Gasteiger partial charge in [0.05, 0.1) is 19.8 Å². The van der Waals surface area contributed by atoms with Crippen molar-refractivity contribution in [2.24, 2.45) is 0 Å². The number of hydrogen-bond donors (Lipinski definition) is 0. The molecule has 0 saturated heterocycles. The number of ether oxygens (including phenoxy) is 4. The SMILES string of the molecule is COC(=O)c1ccc(OC(=O)/C=C/c2ccc(OCC#N)c(OC)c2)cc1. The first-order valence-electron chi connectivity index (χ1n) is 7.83. The molecule has 0 unspecified atom stereocenters. The summed E-state index contributed by atoms with van der Waals surface area (Å²) in [6.45, 7) is -0.0906. The molecule has 0 aliphatic heterocycles. The van der Waals surface area contributed by atoms with Gasteiger partial charge >= 0.3 is 11.9 Å². The molecule has 2 aromatic rings. The highest BCUT2D eigenvalue weighted by atomic mass is 16.5. The topological polar surface area (TPSA) is 94.9 Å². The standard InChI is InChI=1S/C20H17NO6/c1-24-18-13-14(3-9-17(18)26-12-11-21)4-10-19(22)27-16-7-5-15(6-8-16)20(23)25-2/h3-10,13H,12H2,1-2H3/b10-4+. The number of methoxy groups -OCH3 is 2. The molecule has 0 bridgehead atoms.